The maximum Gasteiger partial charge on any atom is 0.123 e. The van der Waals surface area contributed by atoms with Crippen molar-refractivity contribution in [3.63, 3.8) is 0 Å². The van der Waals surface area contributed by atoms with E-state index < -0.39 is 0 Å². The van der Waals surface area contributed by atoms with E-state index in [9.17, 15) is 4.39 Å². The molecule has 0 unspecified atom stereocenters. The van der Waals surface area contributed by atoms with Crippen molar-refractivity contribution in [2.45, 2.75) is 13.0 Å². The Balaban J connectivity index is 2.58. The molecule has 1 aromatic rings. The maximum absolute atomic E-state index is 13.0. The second kappa shape index (κ2) is 6.13. The molecule has 16 heavy (non-hydrogen) atoms. The van der Waals surface area contributed by atoms with E-state index in [0.717, 1.165) is 12.1 Å². The molecule has 88 valence electrons. The molecule has 0 saturated carbocycles. The Morgan fingerprint density at radius 2 is 2.25 bits per heavy atom. The Kier molecular flexibility index (Phi) is 5.12. The van der Waals surface area contributed by atoms with Gasteiger partial charge in [0.2, 0.25) is 0 Å². The highest BCUT2D eigenvalue weighted by Gasteiger charge is 2.06. The summed E-state index contributed by atoms with van der Waals surface area (Å²) >= 11 is 10.7. The van der Waals surface area contributed by atoms with Crippen molar-refractivity contribution in [2.24, 2.45) is 5.73 Å². The van der Waals surface area contributed by atoms with Gasteiger partial charge in [0.25, 0.3) is 0 Å². The third-order valence-electron chi connectivity index (χ3n) is 2.19. The SMILES string of the molecule is CN(CCC(N)=S)Cc1cc(F)ccc1Cl. The van der Waals surface area contributed by atoms with Gasteiger partial charge < -0.3 is 10.6 Å². The fourth-order valence-corrected chi connectivity index (χ4v) is 1.60. The molecule has 0 radical (unpaired) electrons. The van der Waals surface area contributed by atoms with Crippen LogP contribution in [-0.2, 0) is 6.54 Å². The van der Waals surface area contributed by atoms with Crippen molar-refractivity contribution in [3.05, 3.63) is 34.6 Å². The van der Waals surface area contributed by atoms with E-state index in [1.165, 1.54) is 12.1 Å². The van der Waals surface area contributed by atoms with Crippen molar-refractivity contribution in [3.8, 4) is 0 Å². The molecule has 1 rings (SSSR count). The Bertz CT molecular complexity index is 384. The second-order valence-electron chi connectivity index (χ2n) is 3.69. The highest BCUT2D eigenvalue weighted by molar-refractivity contribution is 7.80. The van der Waals surface area contributed by atoms with Crippen LogP contribution in [0.15, 0.2) is 18.2 Å². The van der Waals surface area contributed by atoms with Crippen LogP contribution in [0.3, 0.4) is 0 Å². The minimum atomic E-state index is -0.276. The smallest absolute Gasteiger partial charge is 0.123 e. The topological polar surface area (TPSA) is 29.3 Å². The van der Waals surface area contributed by atoms with Gasteiger partial charge in [-0.1, -0.05) is 23.8 Å². The van der Waals surface area contributed by atoms with Crippen LogP contribution in [0, 0.1) is 5.82 Å². The van der Waals surface area contributed by atoms with E-state index in [-0.39, 0.29) is 5.82 Å². The van der Waals surface area contributed by atoms with Crippen LogP contribution < -0.4 is 5.73 Å². The van der Waals surface area contributed by atoms with Gasteiger partial charge in [0.05, 0.1) is 4.99 Å². The molecular formula is C11H14ClFN2S. The summed E-state index contributed by atoms with van der Waals surface area (Å²) in [5.74, 6) is -0.276. The van der Waals surface area contributed by atoms with E-state index in [1.54, 1.807) is 6.07 Å². The van der Waals surface area contributed by atoms with Gasteiger partial charge in [0.15, 0.2) is 0 Å². The maximum atomic E-state index is 13.0. The Morgan fingerprint density at radius 1 is 1.56 bits per heavy atom. The predicted octanol–water partition coefficient (Wildman–Crippen LogP) is 2.59. The van der Waals surface area contributed by atoms with Crippen LogP contribution in [0.2, 0.25) is 5.02 Å². The van der Waals surface area contributed by atoms with Crippen molar-refractivity contribution < 1.29 is 4.39 Å². The first-order valence-corrected chi connectivity index (χ1v) is 5.68. The van der Waals surface area contributed by atoms with E-state index in [2.05, 4.69) is 0 Å². The van der Waals surface area contributed by atoms with E-state index in [4.69, 9.17) is 29.6 Å². The third-order valence-corrected chi connectivity index (χ3v) is 2.76. The lowest BCUT2D eigenvalue weighted by molar-refractivity contribution is 0.337. The number of halogens is 2. The molecule has 0 aliphatic rings. The molecule has 0 amide bonds. The monoisotopic (exact) mass is 260 g/mol. The Labute approximate surface area is 105 Å². The van der Waals surface area contributed by atoms with Crippen molar-refractivity contribution in [2.75, 3.05) is 13.6 Å². The second-order valence-corrected chi connectivity index (χ2v) is 4.62. The van der Waals surface area contributed by atoms with Crippen LogP contribution in [-0.4, -0.2) is 23.5 Å². The van der Waals surface area contributed by atoms with E-state index in [0.29, 0.717) is 23.0 Å². The highest BCUT2D eigenvalue weighted by Crippen LogP contribution is 2.18. The zero-order chi connectivity index (χ0) is 12.1. The van der Waals surface area contributed by atoms with Crippen molar-refractivity contribution in [1.29, 1.82) is 0 Å². The number of hydrogen-bond donors (Lipinski definition) is 1. The number of thiocarbonyl (C=S) groups is 1. The largest absolute Gasteiger partial charge is 0.393 e. The molecule has 0 bridgehead atoms. The molecule has 2 nitrogen and oxygen atoms in total. The fourth-order valence-electron chi connectivity index (χ4n) is 1.34. The van der Waals surface area contributed by atoms with Gasteiger partial charge in [-0.15, -0.1) is 0 Å². The van der Waals surface area contributed by atoms with Gasteiger partial charge in [-0.05, 0) is 30.8 Å². The van der Waals surface area contributed by atoms with Crippen LogP contribution >= 0.6 is 23.8 Å². The molecule has 2 N–H and O–H groups in total. The van der Waals surface area contributed by atoms with Crippen LogP contribution in [0.4, 0.5) is 4.39 Å². The minimum Gasteiger partial charge on any atom is -0.393 e. The van der Waals surface area contributed by atoms with Gasteiger partial charge in [-0.3, -0.25) is 0 Å². The first-order valence-electron chi connectivity index (χ1n) is 4.90. The molecule has 0 saturated heterocycles. The molecule has 0 atom stereocenters. The zero-order valence-corrected chi connectivity index (χ0v) is 10.6. The van der Waals surface area contributed by atoms with Crippen molar-refractivity contribution >= 4 is 28.8 Å². The van der Waals surface area contributed by atoms with E-state index in [1.807, 2.05) is 11.9 Å². The molecule has 1 aromatic carbocycles. The summed E-state index contributed by atoms with van der Waals surface area (Å²) in [6.07, 6.45) is 0.652. The average Bonchev–Trinajstić information content (AvgIpc) is 2.20. The summed E-state index contributed by atoms with van der Waals surface area (Å²) in [6, 6.07) is 4.36. The van der Waals surface area contributed by atoms with Gasteiger partial charge in [0.1, 0.15) is 5.82 Å². The van der Waals surface area contributed by atoms with Gasteiger partial charge in [-0.2, -0.15) is 0 Å². The number of nitrogens with two attached hydrogens (primary N) is 1. The van der Waals surface area contributed by atoms with Crippen LogP contribution in [0.5, 0.6) is 0 Å². The lowest BCUT2D eigenvalue weighted by atomic mass is 10.2. The zero-order valence-electron chi connectivity index (χ0n) is 9.04. The molecule has 0 aliphatic heterocycles. The van der Waals surface area contributed by atoms with Gasteiger partial charge in [0, 0.05) is 24.5 Å². The standard InChI is InChI=1S/C11H14ClFN2S/c1-15(5-4-11(14)16)7-8-6-9(13)2-3-10(8)12/h2-3,6H,4-5,7H2,1H3,(H2,14,16). The number of hydrogen-bond acceptors (Lipinski definition) is 2. The molecule has 5 heteroatoms. The first kappa shape index (κ1) is 13.4. The highest BCUT2D eigenvalue weighted by atomic mass is 35.5. The molecule has 0 aliphatic carbocycles. The fraction of sp³-hybridized carbons (Fsp3) is 0.364. The normalized spacial score (nSPS) is 10.8. The lowest BCUT2D eigenvalue weighted by Crippen LogP contribution is -2.23. The number of nitrogens with zero attached hydrogens (tertiary/aromatic N) is 1. The first-order chi connectivity index (χ1) is 7.49. The molecule has 0 aromatic heterocycles. The van der Waals surface area contributed by atoms with Crippen LogP contribution in [0.25, 0.3) is 0 Å². The summed E-state index contributed by atoms with van der Waals surface area (Å²) in [4.78, 5) is 2.48. The number of rotatable bonds is 5. The third kappa shape index (κ3) is 4.43. The summed E-state index contributed by atoms with van der Waals surface area (Å²) in [6.45, 7) is 1.32. The quantitative estimate of drug-likeness (QED) is 0.826. The van der Waals surface area contributed by atoms with Gasteiger partial charge in [-0.25, -0.2) is 4.39 Å². The summed E-state index contributed by atoms with van der Waals surface area (Å²) in [5.41, 5.74) is 6.18. The molecule has 0 fully saturated rings. The van der Waals surface area contributed by atoms with Crippen molar-refractivity contribution in [1.82, 2.24) is 4.90 Å². The van der Waals surface area contributed by atoms with E-state index >= 15 is 0 Å². The molecular weight excluding hydrogens is 247 g/mol. The Hall–Kier alpha value is -0.710. The number of benzene rings is 1. The molecule has 0 spiro atoms. The Morgan fingerprint density at radius 3 is 2.88 bits per heavy atom. The van der Waals surface area contributed by atoms with Gasteiger partial charge >= 0.3 is 0 Å². The average molecular weight is 261 g/mol. The molecule has 0 heterocycles. The summed E-state index contributed by atoms with van der Waals surface area (Å²) in [5, 5.41) is 0.573. The summed E-state index contributed by atoms with van der Waals surface area (Å²) in [7, 11) is 1.92. The lowest BCUT2D eigenvalue weighted by Gasteiger charge is -2.17. The minimum absolute atomic E-state index is 0.276. The predicted molar refractivity (Wildman–Crippen MR) is 69.1 cm³/mol. The summed E-state index contributed by atoms with van der Waals surface area (Å²) < 4.78 is 13.0. The van der Waals surface area contributed by atoms with Crippen LogP contribution in [0.1, 0.15) is 12.0 Å².